The van der Waals surface area contributed by atoms with Crippen molar-refractivity contribution in [2.45, 2.75) is 6.54 Å². The molecule has 9 heteroatoms. The average molecular weight is 501 g/mol. The number of anilines is 2. The number of hydrogen-bond acceptors (Lipinski definition) is 4. The summed E-state index contributed by atoms with van der Waals surface area (Å²) in [5.74, 6) is -0.544. The van der Waals surface area contributed by atoms with Gasteiger partial charge in [0.25, 0.3) is 11.6 Å². The van der Waals surface area contributed by atoms with Gasteiger partial charge in [-0.1, -0.05) is 66.2 Å². The summed E-state index contributed by atoms with van der Waals surface area (Å²) in [6.07, 6.45) is 0. The number of carbonyl (C=O) groups is 2. The maximum Gasteiger partial charge on any atom is 0.319 e. The predicted molar refractivity (Wildman–Crippen MR) is 140 cm³/mol. The first-order chi connectivity index (χ1) is 17.4. The highest BCUT2D eigenvalue weighted by Crippen LogP contribution is 2.25. The molecule has 4 aromatic carbocycles. The van der Waals surface area contributed by atoms with Crippen LogP contribution >= 0.6 is 11.6 Å². The Hall–Kier alpha value is -4.69. The molecule has 0 saturated heterocycles. The van der Waals surface area contributed by atoms with Gasteiger partial charge in [-0.3, -0.25) is 14.9 Å². The van der Waals surface area contributed by atoms with E-state index in [1.54, 1.807) is 24.3 Å². The molecule has 0 atom stereocenters. The van der Waals surface area contributed by atoms with Crippen LogP contribution < -0.4 is 16.0 Å². The van der Waals surface area contributed by atoms with Gasteiger partial charge in [0.2, 0.25) is 0 Å². The molecule has 4 aromatic rings. The van der Waals surface area contributed by atoms with Crippen molar-refractivity contribution in [2.24, 2.45) is 0 Å². The minimum Gasteiger partial charge on any atom is -0.334 e. The minimum absolute atomic E-state index is 0.0193. The third kappa shape index (κ3) is 6.25. The standard InChI is InChI=1S/C27H21ClN4O4/c28-25-15-14-23(32(35)36)16-24(25)26(33)30-21-10-6-19(7-11-21)20-8-12-22(13-9-20)31-27(34)29-17-18-4-2-1-3-5-18/h1-16H,17H2,(H,30,33)(H2,29,31,34). The Balaban J connectivity index is 1.35. The third-order valence-electron chi connectivity index (χ3n) is 5.32. The fourth-order valence-electron chi connectivity index (χ4n) is 3.44. The molecule has 0 unspecified atom stereocenters. The molecule has 0 radical (unpaired) electrons. The summed E-state index contributed by atoms with van der Waals surface area (Å²) in [5, 5.41) is 19.4. The first-order valence-corrected chi connectivity index (χ1v) is 11.3. The van der Waals surface area contributed by atoms with Crippen LogP contribution in [0.4, 0.5) is 21.9 Å². The predicted octanol–water partition coefficient (Wildman–Crippen LogP) is 6.49. The van der Waals surface area contributed by atoms with E-state index < -0.39 is 10.8 Å². The highest BCUT2D eigenvalue weighted by atomic mass is 35.5. The van der Waals surface area contributed by atoms with Crippen LogP contribution in [-0.2, 0) is 6.54 Å². The molecule has 0 aliphatic carbocycles. The van der Waals surface area contributed by atoms with E-state index in [4.69, 9.17) is 11.6 Å². The van der Waals surface area contributed by atoms with Crippen LogP contribution in [0.1, 0.15) is 15.9 Å². The fraction of sp³-hybridized carbons (Fsp3) is 0.0370. The van der Waals surface area contributed by atoms with E-state index in [1.807, 2.05) is 54.6 Å². The van der Waals surface area contributed by atoms with Gasteiger partial charge in [0.05, 0.1) is 15.5 Å². The highest BCUT2D eigenvalue weighted by Gasteiger charge is 2.16. The lowest BCUT2D eigenvalue weighted by Gasteiger charge is -2.10. The Bertz CT molecular complexity index is 1390. The van der Waals surface area contributed by atoms with Crippen molar-refractivity contribution in [3.05, 3.63) is 123 Å². The molecule has 0 aliphatic heterocycles. The Labute approximate surface area is 212 Å². The number of urea groups is 1. The van der Waals surface area contributed by atoms with Crippen molar-refractivity contribution in [3.8, 4) is 11.1 Å². The number of nitro groups is 1. The zero-order valence-electron chi connectivity index (χ0n) is 18.9. The van der Waals surface area contributed by atoms with Gasteiger partial charge in [-0.05, 0) is 47.0 Å². The lowest BCUT2D eigenvalue weighted by atomic mass is 10.0. The number of hydrogen-bond donors (Lipinski definition) is 3. The molecule has 0 spiro atoms. The summed E-state index contributed by atoms with van der Waals surface area (Å²) in [7, 11) is 0. The van der Waals surface area contributed by atoms with E-state index in [1.165, 1.54) is 12.1 Å². The lowest BCUT2D eigenvalue weighted by Crippen LogP contribution is -2.28. The van der Waals surface area contributed by atoms with Crippen molar-refractivity contribution in [1.82, 2.24) is 5.32 Å². The Kier molecular flexibility index (Phi) is 7.57. The summed E-state index contributed by atoms with van der Waals surface area (Å²) in [5.41, 5.74) is 3.81. The Morgan fingerprint density at radius 2 is 1.36 bits per heavy atom. The minimum atomic E-state index is -0.583. The van der Waals surface area contributed by atoms with Crippen molar-refractivity contribution in [2.75, 3.05) is 10.6 Å². The zero-order valence-corrected chi connectivity index (χ0v) is 19.7. The van der Waals surface area contributed by atoms with Crippen molar-refractivity contribution in [1.29, 1.82) is 0 Å². The number of nitrogens with zero attached hydrogens (tertiary/aromatic N) is 1. The highest BCUT2D eigenvalue weighted by molar-refractivity contribution is 6.34. The summed E-state index contributed by atoms with van der Waals surface area (Å²) < 4.78 is 0. The largest absolute Gasteiger partial charge is 0.334 e. The fourth-order valence-corrected chi connectivity index (χ4v) is 3.65. The number of rotatable bonds is 7. The Morgan fingerprint density at radius 1 is 0.778 bits per heavy atom. The smallest absolute Gasteiger partial charge is 0.319 e. The van der Waals surface area contributed by atoms with Crippen molar-refractivity contribution >= 4 is 40.6 Å². The quantitative estimate of drug-likeness (QED) is 0.199. The lowest BCUT2D eigenvalue weighted by molar-refractivity contribution is -0.384. The molecule has 4 rings (SSSR count). The van der Waals surface area contributed by atoms with E-state index >= 15 is 0 Å². The zero-order chi connectivity index (χ0) is 25.5. The second kappa shape index (κ2) is 11.2. The van der Waals surface area contributed by atoms with Crippen LogP contribution in [0.15, 0.2) is 97.1 Å². The number of non-ortho nitro benzene ring substituents is 1. The second-order valence-corrected chi connectivity index (χ2v) is 8.23. The van der Waals surface area contributed by atoms with E-state index in [0.717, 1.165) is 22.8 Å². The number of amides is 3. The Morgan fingerprint density at radius 3 is 1.94 bits per heavy atom. The molecular weight excluding hydrogens is 480 g/mol. The second-order valence-electron chi connectivity index (χ2n) is 7.82. The molecule has 3 N–H and O–H groups in total. The van der Waals surface area contributed by atoms with E-state index in [2.05, 4.69) is 16.0 Å². The molecule has 0 bridgehead atoms. The van der Waals surface area contributed by atoms with E-state index in [-0.39, 0.29) is 22.3 Å². The molecule has 0 aliphatic rings. The molecule has 180 valence electrons. The number of carbonyl (C=O) groups excluding carboxylic acids is 2. The number of halogens is 1. The van der Waals surface area contributed by atoms with Crippen molar-refractivity contribution < 1.29 is 14.5 Å². The van der Waals surface area contributed by atoms with Crippen LogP contribution in [0, 0.1) is 10.1 Å². The number of nitro benzene ring substituents is 1. The van der Waals surface area contributed by atoms with Gasteiger partial charge in [-0.2, -0.15) is 0 Å². The van der Waals surface area contributed by atoms with Gasteiger partial charge in [0, 0.05) is 30.1 Å². The monoisotopic (exact) mass is 500 g/mol. The average Bonchev–Trinajstić information content (AvgIpc) is 2.89. The van der Waals surface area contributed by atoms with Crippen molar-refractivity contribution in [3.63, 3.8) is 0 Å². The van der Waals surface area contributed by atoms with Gasteiger partial charge in [0.1, 0.15) is 0 Å². The molecule has 0 fully saturated rings. The third-order valence-corrected chi connectivity index (χ3v) is 5.65. The summed E-state index contributed by atoms with van der Waals surface area (Å²) in [4.78, 5) is 35.1. The molecule has 8 nitrogen and oxygen atoms in total. The topological polar surface area (TPSA) is 113 Å². The van der Waals surface area contributed by atoms with Crippen LogP contribution in [0.5, 0.6) is 0 Å². The normalized spacial score (nSPS) is 10.4. The number of nitrogens with one attached hydrogen (secondary N) is 3. The van der Waals surface area contributed by atoms with E-state index in [0.29, 0.717) is 17.9 Å². The summed E-state index contributed by atoms with van der Waals surface area (Å²) >= 11 is 6.04. The first kappa shape index (κ1) is 24.4. The maximum atomic E-state index is 12.6. The van der Waals surface area contributed by atoms with Crippen LogP contribution in [0.3, 0.4) is 0 Å². The summed E-state index contributed by atoms with van der Waals surface area (Å²) in [6, 6.07) is 27.5. The maximum absolute atomic E-state index is 12.6. The summed E-state index contributed by atoms with van der Waals surface area (Å²) in [6.45, 7) is 0.432. The van der Waals surface area contributed by atoms with E-state index in [9.17, 15) is 19.7 Å². The van der Waals surface area contributed by atoms with Crippen LogP contribution in [-0.4, -0.2) is 16.9 Å². The first-order valence-electron chi connectivity index (χ1n) is 10.9. The van der Waals surface area contributed by atoms with Gasteiger partial charge in [0.15, 0.2) is 0 Å². The van der Waals surface area contributed by atoms with Gasteiger partial charge in [-0.25, -0.2) is 4.79 Å². The van der Waals surface area contributed by atoms with Crippen LogP contribution in [0.25, 0.3) is 11.1 Å². The SMILES string of the molecule is O=C(NCc1ccccc1)Nc1ccc(-c2ccc(NC(=O)c3cc([N+](=O)[O-])ccc3Cl)cc2)cc1. The molecule has 36 heavy (non-hydrogen) atoms. The molecular formula is C27H21ClN4O4. The molecule has 0 heterocycles. The molecule has 0 aromatic heterocycles. The number of benzene rings is 4. The van der Waals surface area contributed by atoms with Gasteiger partial charge in [-0.15, -0.1) is 0 Å². The molecule has 3 amide bonds. The van der Waals surface area contributed by atoms with Crippen LogP contribution in [0.2, 0.25) is 5.02 Å². The van der Waals surface area contributed by atoms with Gasteiger partial charge >= 0.3 is 6.03 Å². The van der Waals surface area contributed by atoms with Gasteiger partial charge < -0.3 is 16.0 Å². The molecule has 0 saturated carbocycles.